The van der Waals surface area contributed by atoms with Crippen molar-refractivity contribution in [3.63, 3.8) is 0 Å². The van der Waals surface area contributed by atoms with E-state index in [1.807, 2.05) is 6.92 Å². The van der Waals surface area contributed by atoms with Crippen LogP contribution in [0.3, 0.4) is 0 Å². The van der Waals surface area contributed by atoms with Crippen molar-refractivity contribution in [1.82, 2.24) is 0 Å². The van der Waals surface area contributed by atoms with E-state index in [1.165, 1.54) is 31.3 Å². The van der Waals surface area contributed by atoms with E-state index in [1.54, 1.807) is 0 Å². The number of allylic oxidation sites excluding steroid dienone is 12. The van der Waals surface area contributed by atoms with Gasteiger partial charge in [0.25, 0.3) is 0 Å². The van der Waals surface area contributed by atoms with Crippen LogP contribution >= 0.6 is 0 Å². The molecule has 0 spiro atoms. The normalized spacial score (nSPS) is 24.4. The van der Waals surface area contributed by atoms with Gasteiger partial charge in [0, 0.05) is 18.8 Å². The predicted octanol–water partition coefficient (Wildman–Crippen LogP) is 12.1. The third-order valence-corrected chi connectivity index (χ3v) is 10.1. The Kier molecular flexibility index (Phi) is 14.3. The molecule has 0 saturated heterocycles. The maximum Gasteiger partial charge on any atom is 0.158 e. The van der Waals surface area contributed by atoms with Crippen molar-refractivity contribution in [1.29, 1.82) is 0 Å². The van der Waals surface area contributed by atoms with E-state index in [2.05, 4.69) is 111 Å². The standard InChI is InChI=1S/C40H64O2/c1-29(17-13-19-31(3)21-23-35-33(5)37(41)25-27-39(35,7)8)15-11-12-16-30(2)18-14-20-32(4)22-24-36-34(6)38(42)26-28-40(36,9)10/h11,13,15,19,21-24,29-32,35,41H,12,14,16-18,20,25-28H2,1-10H3/b15-11+,19-13+,23-21+,24-22+. The molecule has 2 aliphatic carbocycles. The van der Waals surface area contributed by atoms with Gasteiger partial charge in [-0.1, -0.05) is 117 Å². The van der Waals surface area contributed by atoms with Gasteiger partial charge in [-0.25, -0.2) is 0 Å². The average Bonchev–Trinajstić information content (AvgIpc) is 2.91. The number of carbonyl (C=O) groups is 1. The fourth-order valence-electron chi connectivity index (χ4n) is 6.66. The van der Waals surface area contributed by atoms with Crippen LogP contribution in [0.25, 0.3) is 0 Å². The van der Waals surface area contributed by atoms with Crippen LogP contribution in [0.1, 0.15) is 133 Å². The van der Waals surface area contributed by atoms with Crippen LogP contribution in [0.4, 0.5) is 0 Å². The van der Waals surface area contributed by atoms with E-state index in [-0.39, 0.29) is 10.8 Å². The Morgan fingerprint density at radius 2 is 1.57 bits per heavy atom. The maximum absolute atomic E-state index is 12.2. The Morgan fingerprint density at radius 3 is 2.29 bits per heavy atom. The second kappa shape index (κ2) is 16.7. The Balaban J connectivity index is 1.66. The van der Waals surface area contributed by atoms with E-state index in [9.17, 15) is 9.90 Å². The largest absolute Gasteiger partial charge is 0.512 e. The highest BCUT2D eigenvalue weighted by molar-refractivity contribution is 5.97. The summed E-state index contributed by atoms with van der Waals surface area (Å²) in [6, 6.07) is 0. The molecular formula is C40H64O2. The summed E-state index contributed by atoms with van der Waals surface area (Å²) >= 11 is 0. The van der Waals surface area contributed by atoms with Crippen LogP contribution in [0.15, 0.2) is 71.1 Å². The zero-order valence-electron chi connectivity index (χ0n) is 28.9. The maximum atomic E-state index is 12.2. The Morgan fingerprint density at radius 1 is 0.857 bits per heavy atom. The van der Waals surface area contributed by atoms with E-state index < -0.39 is 0 Å². The SMILES string of the molecule is CC1=C(/C=C/C(C)CCCC(C)CC/C=C/C(C)C/C=C/C(C)/C=C/C2C(C)=C(O)CCC2(C)C)C(C)(C)CCC1=O. The van der Waals surface area contributed by atoms with Crippen molar-refractivity contribution in [3.05, 3.63) is 71.1 Å². The van der Waals surface area contributed by atoms with Gasteiger partial charge in [-0.15, -0.1) is 0 Å². The van der Waals surface area contributed by atoms with Crippen LogP contribution in [0, 0.1) is 40.4 Å². The lowest BCUT2D eigenvalue weighted by Crippen LogP contribution is -2.28. The van der Waals surface area contributed by atoms with Gasteiger partial charge in [0.15, 0.2) is 5.78 Å². The minimum Gasteiger partial charge on any atom is -0.512 e. The number of ketones is 1. The molecule has 2 rings (SSSR count). The minimum absolute atomic E-state index is 0.106. The first kappa shape index (κ1) is 36.1. The summed E-state index contributed by atoms with van der Waals surface area (Å²) in [5.41, 5.74) is 3.67. The molecule has 0 fully saturated rings. The van der Waals surface area contributed by atoms with E-state index in [4.69, 9.17) is 0 Å². The molecule has 2 nitrogen and oxygen atoms in total. The second-order valence-corrected chi connectivity index (χ2v) is 15.2. The fraction of sp³-hybridized carbons (Fsp3) is 0.675. The summed E-state index contributed by atoms with van der Waals surface area (Å²) < 4.78 is 0. The third-order valence-electron chi connectivity index (χ3n) is 10.1. The molecule has 5 unspecified atom stereocenters. The predicted molar refractivity (Wildman–Crippen MR) is 183 cm³/mol. The van der Waals surface area contributed by atoms with Gasteiger partial charge < -0.3 is 5.11 Å². The summed E-state index contributed by atoms with van der Waals surface area (Å²) in [6.45, 7) is 22.5. The van der Waals surface area contributed by atoms with E-state index >= 15 is 0 Å². The highest BCUT2D eigenvalue weighted by atomic mass is 16.3. The fourth-order valence-corrected chi connectivity index (χ4v) is 6.66. The van der Waals surface area contributed by atoms with Gasteiger partial charge in [-0.2, -0.15) is 0 Å². The molecule has 0 radical (unpaired) electrons. The molecule has 2 heteroatoms. The second-order valence-electron chi connectivity index (χ2n) is 15.2. The number of aliphatic hydroxyl groups is 1. The van der Waals surface area contributed by atoms with Crippen molar-refractivity contribution < 1.29 is 9.90 Å². The Bertz CT molecular complexity index is 1060. The van der Waals surface area contributed by atoms with Crippen molar-refractivity contribution in [2.24, 2.45) is 40.4 Å². The number of carbonyl (C=O) groups excluding carboxylic acids is 1. The summed E-state index contributed by atoms with van der Waals surface area (Å²) in [5, 5.41) is 10.2. The van der Waals surface area contributed by atoms with Crippen molar-refractivity contribution >= 4 is 5.78 Å². The highest BCUT2D eigenvalue weighted by Gasteiger charge is 2.34. The van der Waals surface area contributed by atoms with Crippen LogP contribution < -0.4 is 0 Å². The van der Waals surface area contributed by atoms with Gasteiger partial charge in [0.1, 0.15) is 0 Å². The lowest BCUT2D eigenvalue weighted by atomic mass is 9.68. The van der Waals surface area contributed by atoms with Gasteiger partial charge in [0.05, 0.1) is 5.76 Å². The third kappa shape index (κ3) is 11.5. The monoisotopic (exact) mass is 576 g/mol. The minimum atomic E-state index is 0.106. The van der Waals surface area contributed by atoms with Gasteiger partial charge in [-0.3, -0.25) is 4.79 Å². The zero-order valence-corrected chi connectivity index (χ0v) is 28.9. The Labute approximate surface area is 260 Å². The molecule has 0 bridgehead atoms. The van der Waals surface area contributed by atoms with Gasteiger partial charge >= 0.3 is 0 Å². The summed E-state index contributed by atoms with van der Waals surface area (Å²) in [4.78, 5) is 12.2. The number of Topliss-reactive ketones (excluding diaryl/α,β-unsaturated/α-hetero) is 1. The molecule has 236 valence electrons. The van der Waals surface area contributed by atoms with Gasteiger partial charge in [0.2, 0.25) is 0 Å². The number of hydrogen-bond acceptors (Lipinski definition) is 2. The first-order chi connectivity index (χ1) is 19.6. The van der Waals surface area contributed by atoms with Crippen molar-refractivity contribution in [2.45, 2.75) is 133 Å². The quantitative estimate of drug-likeness (QED) is 0.197. The molecule has 0 aromatic heterocycles. The molecule has 0 aliphatic heterocycles. The molecule has 1 N–H and O–H groups in total. The van der Waals surface area contributed by atoms with Crippen molar-refractivity contribution in [2.75, 3.05) is 0 Å². The summed E-state index contributed by atoms with van der Waals surface area (Å²) in [6.07, 6.45) is 29.4. The molecule has 2 aliphatic rings. The Hall–Kier alpha value is -2.09. The van der Waals surface area contributed by atoms with Gasteiger partial charge in [-0.05, 0) is 104 Å². The van der Waals surface area contributed by atoms with Crippen LogP contribution in [-0.4, -0.2) is 10.9 Å². The van der Waals surface area contributed by atoms with Crippen LogP contribution in [-0.2, 0) is 4.79 Å². The molecule has 42 heavy (non-hydrogen) atoms. The van der Waals surface area contributed by atoms with E-state index in [0.717, 1.165) is 49.2 Å². The molecule has 0 aromatic carbocycles. The van der Waals surface area contributed by atoms with Crippen LogP contribution in [0.2, 0.25) is 0 Å². The summed E-state index contributed by atoms with van der Waals surface area (Å²) in [7, 11) is 0. The molecule has 0 aromatic rings. The topological polar surface area (TPSA) is 37.3 Å². The highest BCUT2D eigenvalue weighted by Crippen LogP contribution is 2.44. The average molecular weight is 577 g/mol. The number of aliphatic hydroxyl groups excluding tert-OH is 1. The van der Waals surface area contributed by atoms with Crippen molar-refractivity contribution in [3.8, 4) is 0 Å². The number of hydrogen-bond donors (Lipinski definition) is 1. The first-order valence-electron chi connectivity index (χ1n) is 17.0. The lowest BCUT2D eigenvalue weighted by Gasteiger charge is -2.37. The smallest absolute Gasteiger partial charge is 0.158 e. The molecule has 0 heterocycles. The molecule has 0 amide bonds. The zero-order chi connectivity index (χ0) is 31.5. The summed E-state index contributed by atoms with van der Waals surface area (Å²) in [5.74, 6) is 3.49. The van der Waals surface area contributed by atoms with Crippen LogP contribution in [0.5, 0.6) is 0 Å². The molecular weight excluding hydrogens is 512 g/mol. The van der Waals surface area contributed by atoms with E-state index in [0.29, 0.717) is 41.6 Å². The number of rotatable bonds is 15. The molecule has 0 saturated carbocycles. The lowest BCUT2D eigenvalue weighted by molar-refractivity contribution is -0.116. The first-order valence-corrected chi connectivity index (χ1v) is 17.0. The molecule has 5 atom stereocenters.